The van der Waals surface area contributed by atoms with Crippen molar-refractivity contribution in [2.24, 2.45) is 12.5 Å². The molecule has 2 N–H and O–H groups in total. The molecule has 1 rings (SSSR count). The highest BCUT2D eigenvalue weighted by Gasteiger charge is 2.25. The minimum absolute atomic E-state index is 0.0246. The minimum Gasteiger partial charge on any atom is -0.396 e. The van der Waals surface area contributed by atoms with Gasteiger partial charge in [0.2, 0.25) is 0 Å². The van der Waals surface area contributed by atoms with Gasteiger partial charge in [0, 0.05) is 19.7 Å². The zero-order chi connectivity index (χ0) is 13.9. The Morgan fingerprint density at radius 3 is 2.67 bits per heavy atom. The molecule has 6 heteroatoms. The largest absolute Gasteiger partial charge is 0.396 e. The Morgan fingerprint density at radius 2 is 2.17 bits per heavy atom. The number of nitrogens with one attached hydrogen (secondary N) is 1. The maximum absolute atomic E-state index is 11.7. The summed E-state index contributed by atoms with van der Waals surface area (Å²) in [6, 6.07) is 0.0627. The SMILES string of the molecule is Cn1ncc(NC(CCO)C(C)(C)C)c(Br)c1=O. The summed E-state index contributed by atoms with van der Waals surface area (Å²) in [5.74, 6) is 0. The van der Waals surface area contributed by atoms with Gasteiger partial charge in [-0.25, -0.2) is 4.68 Å². The zero-order valence-electron chi connectivity index (χ0n) is 11.2. The Morgan fingerprint density at radius 1 is 1.56 bits per heavy atom. The lowest BCUT2D eigenvalue weighted by atomic mass is 9.85. The van der Waals surface area contributed by atoms with E-state index in [9.17, 15) is 4.79 Å². The number of nitrogens with zero attached hydrogens (tertiary/aromatic N) is 2. The first-order valence-corrected chi connectivity index (χ1v) is 6.66. The molecular formula is C12H20BrN3O2. The number of aliphatic hydroxyl groups excluding tert-OH is 1. The number of anilines is 1. The molecule has 0 saturated carbocycles. The molecule has 0 saturated heterocycles. The van der Waals surface area contributed by atoms with Crippen molar-refractivity contribution >= 4 is 21.6 Å². The highest BCUT2D eigenvalue weighted by Crippen LogP contribution is 2.27. The third kappa shape index (κ3) is 3.55. The van der Waals surface area contributed by atoms with Crippen LogP contribution in [-0.4, -0.2) is 27.5 Å². The number of hydrogen-bond acceptors (Lipinski definition) is 4. The lowest BCUT2D eigenvalue weighted by molar-refractivity contribution is 0.235. The van der Waals surface area contributed by atoms with Gasteiger partial charge in [0.25, 0.3) is 5.56 Å². The van der Waals surface area contributed by atoms with Gasteiger partial charge in [0.05, 0.1) is 11.9 Å². The molecule has 0 radical (unpaired) electrons. The number of aromatic nitrogens is 2. The monoisotopic (exact) mass is 317 g/mol. The van der Waals surface area contributed by atoms with Gasteiger partial charge in [-0.05, 0) is 27.8 Å². The first-order chi connectivity index (χ1) is 8.27. The van der Waals surface area contributed by atoms with Crippen molar-refractivity contribution in [2.45, 2.75) is 33.2 Å². The van der Waals surface area contributed by atoms with Gasteiger partial charge >= 0.3 is 0 Å². The summed E-state index contributed by atoms with van der Waals surface area (Å²) in [6.45, 7) is 6.36. The first-order valence-electron chi connectivity index (χ1n) is 5.86. The summed E-state index contributed by atoms with van der Waals surface area (Å²) >= 11 is 3.28. The second-order valence-corrected chi connectivity index (χ2v) is 6.17. The lowest BCUT2D eigenvalue weighted by Gasteiger charge is -2.32. The molecule has 1 aromatic heterocycles. The predicted octanol–water partition coefficient (Wildman–Crippen LogP) is 1.75. The van der Waals surface area contributed by atoms with Crippen LogP contribution < -0.4 is 10.9 Å². The molecule has 1 aromatic rings. The normalized spacial score (nSPS) is 13.4. The van der Waals surface area contributed by atoms with E-state index in [1.54, 1.807) is 13.2 Å². The molecule has 0 fully saturated rings. The van der Waals surface area contributed by atoms with Crippen LogP contribution >= 0.6 is 15.9 Å². The standard InChI is InChI=1S/C12H20BrN3O2/c1-12(2,3)9(5-6-17)15-8-7-14-16(4)11(18)10(8)13/h7,9,15,17H,5-6H2,1-4H3. The topological polar surface area (TPSA) is 67.2 Å². The van der Waals surface area contributed by atoms with Crippen molar-refractivity contribution in [3.63, 3.8) is 0 Å². The molecule has 0 amide bonds. The molecular weight excluding hydrogens is 298 g/mol. The third-order valence-corrected chi connectivity index (χ3v) is 3.64. The molecule has 18 heavy (non-hydrogen) atoms. The molecule has 0 aliphatic carbocycles. The maximum Gasteiger partial charge on any atom is 0.282 e. The van der Waals surface area contributed by atoms with Crippen LogP contribution in [0.1, 0.15) is 27.2 Å². The van der Waals surface area contributed by atoms with E-state index in [1.807, 2.05) is 0 Å². The van der Waals surface area contributed by atoms with Gasteiger partial charge in [-0.2, -0.15) is 5.10 Å². The molecule has 0 aromatic carbocycles. The predicted molar refractivity (Wildman–Crippen MR) is 75.7 cm³/mol. The second kappa shape index (κ2) is 5.84. The van der Waals surface area contributed by atoms with Crippen molar-refractivity contribution in [2.75, 3.05) is 11.9 Å². The van der Waals surface area contributed by atoms with Crippen LogP contribution in [0.3, 0.4) is 0 Å². The fraction of sp³-hybridized carbons (Fsp3) is 0.667. The van der Waals surface area contributed by atoms with E-state index in [1.165, 1.54) is 4.68 Å². The number of halogens is 1. The summed E-state index contributed by atoms with van der Waals surface area (Å²) in [4.78, 5) is 11.7. The van der Waals surface area contributed by atoms with E-state index in [2.05, 4.69) is 47.1 Å². The molecule has 1 heterocycles. The summed E-state index contributed by atoms with van der Waals surface area (Å²) < 4.78 is 1.74. The van der Waals surface area contributed by atoms with Crippen molar-refractivity contribution in [3.05, 3.63) is 21.0 Å². The maximum atomic E-state index is 11.7. The summed E-state index contributed by atoms with van der Waals surface area (Å²) in [5.41, 5.74) is 0.451. The van der Waals surface area contributed by atoms with Crippen LogP contribution in [0.2, 0.25) is 0 Å². The van der Waals surface area contributed by atoms with Crippen LogP contribution in [0.15, 0.2) is 15.5 Å². The minimum atomic E-state index is -0.184. The molecule has 5 nitrogen and oxygen atoms in total. The Balaban J connectivity index is 3.02. The van der Waals surface area contributed by atoms with E-state index in [4.69, 9.17) is 5.11 Å². The summed E-state index contributed by atoms with van der Waals surface area (Å²) in [7, 11) is 1.60. The molecule has 0 aliphatic rings. The van der Waals surface area contributed by atoms with Crippen molar-refractivity contribution < 1.29 is 5.11 Å². The van der Waals surface area contributed by atoms with Gasteiger partial charge in [-0.1, -0.05) is 20.8 Å². The fourth-order valence-electron chi connectivity index (χ4n) is 1.65. The number of aryl methyl sites for hydroxylation is 1. The van der Waals surface area contributed by atoms with E-state index in [-0.39, 0.29) is 23.6 Å². The Hall–Kier alpha value is -0.880. The van der Waals surface area contributed by atoms with Crippen molar-refractivity contribution in [3.8, 4) is 0 Å². The average Bonchev–Trinajstić information content (AvgIpc) is 2.27. The summed E-state index contributed by atoms with van der Waals surface area (Å²) in [6.07, 6.45) is 2.23. The van der Waals surface area contributed by atoms with Gasteiger partial charge in [-0.3, -0.25) is 4.79 Å². The molecule has 102 valence electrons. The van der Waals surface area contributed by atoms with Crippen LogP contribution in [0.5, 0.6) is 0 Å². The van der Waals surface area contributed by atoms with Crippen molar-refractivity contribution in [1.82, 2.24) is 9.78 Å². The highest BCUT2D eigenvalue weighted by atomic mass is 79.9. The number of aliphatic hydroxyl groups is 1. The van der Waals surface area contributed by atoms with Crippen LogP contribution in [0.25, 0.3) is 0 Å². The van der Waals surface area contributed by atoms with Gasteiger partial charge in [0.1, 0.15) is 4.47 Å². The average molecular weight is 318 g/mol. The second-order valence-electron chi connectivity index (χ2n) is 5.38. The third-order valence-electron chi connectivity index (χ3n) is 2.87. The van der Waals surface area contributed by atoms with E-state index in [0.717, 1.165) is 0 Å². The lowest BCUT2D eigenvalue weighted by Crippen LogP contribution is -2.36. The Labute approximate surface area is 115 Å². The van der Waals surface area contributed by atoms with Crippen LogP contribution in [0, 0.1) is 5.41 Å². The van der Waals surface area contributed by atoms with Crippen molar-refractivity contribution in [1.29, 1.82) is 0 Å². The molecule has 0 spiro atoms. The van der Waals surface area contributed by atoms with E-state index in [0.29, 0.717) is 16.6 Å². The number of hydrogen-bond donors (Lipinski definition) is 2. The first kappa shape index (κ1) is 15.2. The zero-order valence-corrected chi connectivity index (χ0v) is 12.8. The van der Waals surface area contributed by atoms with Crippen LogP contribution in [0.4, 0.5) is 5.69 Å². The van der Waals surface area contributed by atoms with E-state index < -0.39 is 0 Å². The van der Waals surface area contributed by atoms with E-state index >= 15 is 0 Å². The smallest absolute Gasteiger partial charge is 0.282 e. The molecule has 1 unspecified atom stereocenters. The molecule has 0 bridgehead atoms. The quantitative estimate of drug-likeness (QED) is 0.888. The molecule has 1 atom stereocenters. The van der Waals surface area contributed by atoms with Gasteiger partial charge in [-0.15, -0.1) is 0 Å². The Bertz CT molecular complexity index is 465. The Kier molecular flexibility index (Phi) is 4.92. The van der Waals surface area contributed by atoms with Gasteiger partial charge in [0.15, 0.2) is 0 Å². The van der Waals surface area contributed by atoms with Gasteiger partial charge < -0.3 is 10.4 Å². The highest BCUT2D eigenvalue weighted by molar-refractivity contribution is 9.10. The summed E-state index contributed by atoms with van der Waals surface area (Å²) in [5, 5.41) is 16.4. The van der Waals surface area contributed by atoms with Crippen LogP contribution in [-0.2, 0) is 7.05 Å². The molecule has 0 aliphatic heterocycles. The number of rotatable bonds is 4. The fourth-order valence-corrected chi connectivity index (χ4v) is 2.12.